The largest absolute Gasteiger partial charge is 0.346 e. The Morgan fingerprint density at radius 2 is 1.48 bits per heavy atom. The molecule has 0 aliphatic heterocycles. The molecule has 1 N–H and O–H groups in total. The van der Waals surface area contributed by atoms with Crippen LogP contribution in [0.4, 0.5) is 0 Å². The fourth-order valence-electron chi connectivity index (χ4n) is 4.86. The van der Waals surface area contributed by atoms with Crippen molar-refractivity contribution in [2.45, 2.75) is 37.6 Å². The number of para-hydroxylation sites is 1. The molecule has 0 spiro atoms. The van der Waals surface area contributed by atoms with Crippen LogP contribution in [0, 0.1) is 0 Å². The Morgan fingerprint density at radius 1 is 0.839 bits per heavy atom. The lowest BCUT2D eigenvalue weighted by Gasteiger charge is -2.31. The minimum absolute atomic E-state index is 0.0705. The number of pyridine rings is 1. The molecular weight excluding hydrogens is 380 g/mol. The van der Waals surface area contributed by atoms with Gasteiger partial charge in [-0.3, -0.25) is 4.79 Å². The number of benzene rings is 3. The maximum Gasteiger partial charge on any atom is 0.225 e. The summed E-state index contributed by atoms with van der Waals surface area (Å²) in [6, 6.07) is 30.7. The maximum atomic E-state index is 13.3. The number of rotatable bonds is 5. The van der Waals surface area contributed by atoms with Crippen molar-refractivity contribution in [2.24, 2.45) is 0 Å². The lowest BCUT2D eigenvalue weighted by molar-refractivity contribution is -0.122. The summed E-state index contributed by atoms with van der Waals surface area (Å²) in [6.45, 7) is 0. The Balaban J connectivity index is 1.48. The summed E-state index contributed by atoms with van der Waals surface area (Å²) in [5.41, 5.74) is 4.87. The average Bonchev–Trinajstić information content (AvgIpc) is 3.29. The Labute approximate surface area is 183 Å². The molecule has 3 nitrogen and oxygen atoms in total. The van der Waals surface area contributed by atoms with Gasteiger partial charge in [0.1, 0.15) is 0 Å². The molecule has 0 bridgehead atoms. The normalized spacial score (nSPS) is 15.1. The van der Waals surface area contributed by atoms with Crippen LogP contribution in [0.5, 0.6) is 0 Å². The molecule has 1 heterocycles. The Hall–Kier alpha value is -3.46. The number of amides is 1. The van der Waals surface area contributed by atoms with E-state index in [1.54, 1.807) is 0 Å². The molecule has 1 aliphatic carbocycles. The zero-order chi connectivity index (χ0) is 21.1. The Bertz CT molecular complexity index is 1200. The highest BCUT2D eigenvalue weighted by molar-refractivity contribution is 5.90. The van der Waals surface area contributed by atoms with Crippen molar-refractivity contribution in [1.29, 1.82) is 0 Å². The van der Waals surface area contributed by atoms with Crippen LogP contribution in [0.1, 0.15) is 36.8 Å². The van der Waals surface area contributed by atoms with Gasteiger partial charge in [0, 0.05) is 10.9 Å². The topological polar surface area (TPSA) is 42.0 Å². The summed E-state index contributed by atoms with van der Waals surface area (Å²) >= 11 is 0. The van der Waals surface area contributed by atoms with Crippen molar-refractivity contribution in [2.75, 3.05) is 0 Å². The van der Waals surface area contributed by atoms with Crippen molar-refractivity contribution in [3.05, 3.63) is 102 Å². The second-order valence-electron chi connectivity index (χ2n) is 8.43. The molecule has 4 aromatic rings. The third kappa shape index (κ3) is 3.96. The fourth-order valence-corrected chi connectivity index (χ4v) is 4.86. The van der Waals surface area contributed by atoms with Crippen molar-refractivity contribution < 1.29 is 4.79 Å². The van der Waals surface area contributed by atoms with Crippen LogP contribution in [0.15, 0.2) is 91.0 Å². The van der Waals surface area contributed by atoms with Gasteiger partial charge < -0.3 is 5.32 Å². The summed E-state index contributed by atoms with van der Waals surface area (Å²) in [5, 5.41) is 4.46. The van der Waals surface area contributed by atoms with Crippen LogP contribution in [0.25, 0.3) is 22.2 Å². The molecule has 3 aromatic carbocycles. The van der Waals surface area contributed by atoms with Gasteiger partial charge in [-0.25, -0.2) is 4.98 Å². The van der Waals surface area contributed by atoms with E-state index in [4.69, 9.17) is 4.98 Å². The number of nitrogens with zero attached hydrogens (tertiary/aromatic N) is 1. The van der Waals surface area contributed by atoms with Gasteiger partial charge >= 0.3 is 0 Å². The molecule has 0 unspecified atom stereocenters. The van der Waals surface area contributed by atoms with Crippen molar-refractivity contribution in [1.82, 2.24) is 10.3 Å². The smallest absolute Gasteiger partial charge is 0.225 e. The van der Waals surface area contributed by atoms with Gasteiger partial charge in [-0.15, -0.1) is 0 Å². The minimum Gasteiger partial charge on any atom is -0.346 e. The zero-order valence-corrected chi connectivity index (χ0v) is 17.6. The first-order chi connectivity index (χ1) is 15.2. The standard InChI is InChI=1S/C28H26N2O/c31-27(30-28(17-9-10-18-28)23-13-5-2-6-14-23)20-22-19-26(21-11-3-1-4-12-21)29-25-16-8-7-15-24(22)25/h1-8,11-16,19H,9-10,17-18,20H2,(H,30,31). The van der Waals surface area contributed by atoms with Crippen molar-refractivity contribution in [3.63, 3.8) is 0 Å². The zero-order valence-electron chi connectivity index (χ0n) is 17.6. The van der Waals surface area contributed by atoms with Crippen LogP contribution in [-0.4, -0.2) is 10.9 Å². The van der Waals surface area contributed by atoms with Gasteiger partial charge in [-0.1, -0.05) is 91.7 Å². The van der Waals surface area contributed by atoms with Gasteiger partial charge in [0.05, 0.1) is 23.2 Å². The number of carbonyl (C=O) groups excluding carboxylic acids is 1. The van der Waals surface area contributed by atoms with Crippen LogP contribution >= 0.6 is 0 Å². The summed E-state index contributed by atoms with van der Waals surface area (Å²) in [4.78, 5) is 18.2. The predicted molar refractivity (Wildman–Crippen MR) is 126 cm³/mol. The first kappa shape index (κ1) is 19.5. The Kier molecular flexibility index (Phi) is 5.25. The van der Waals surface area contributed by atoms with E-state index in [-0.39, 0.29) is 11.4 Å². The molecule has 1 amide bonds. The molecule has 1 aromatic heterocycles. The number of nitrogens with one attached hydrogen (secondary N) is 1. The third-order valence-electron chi connectivity index (χ3n) is 6.38. The molecule has 0 atom stereocenters. The lowest BCUT2D eigenvalue weighted by atomic mass is 9.87. The number of aromatic nitrogens is 1. The second kappa shape index (κ2) is 8.35. The molecular formula is C28H26N2O. The average molecular weight is 407 g/mol. The molecule has 5 rings (SSSR count). The maximum absolute atomic E-state index is 13.3. The summed E-state index contributed by atoms with van der Waals surface area (Å²) < 4.78 is 0. The lowest BCUT2D eigenvalue weighted by Crippen LogP contribution is -2.44. The molecule has 1 saturated carbocycles. The molecule has 0 saturated heterocycles. The molecule has 31 heavy (non-hydrogen) atoms. The molecule has 1 aliphatic rings. The summed E-state index contributed by atoms with van der Waals surface area (Å²) in [6.07, 6.45) is 4.62. The van der Waals surface area contributed by atoms with Gasteiger partial charge in [0.2, 0.25) is 5.91 Å². The minimum atomic E-state index is -0.247. The summed E-state index contributed by atoms with van der Waals surface area (Å²) in [5.74, 6) is 0.0705. The van der Waals surface area contributed by atoms with Gasteiger partial charge in [-0.2, -0.15) is 0 Å². The number of hydrogen-bond donors (Lipinski definition) is 1. The monoisotopic (exact) mass is 406 g/mol. The highest BCUT2D eigenvalue weighted by Gasteiger charge is 2.36. The highest BCUT2D eigenvalue weighted by atomic mass is 16.1. The summed E-state index contributed by atoms with van der Waals surface area (Å²) in [7, 11) is 0. The first-order valence-electron chi connectivity index (χ1n) is 11.0. The first-order valence-corrected chi connectivity index (χ1v) is 11.0. The fraction of sp³-hybridized carbons (Fsp3) is 0.214. The van der Waals surface area contributed by atoms with Crippen LogP contribution in [-0.2, 0) is 16.8 Å². The van der Waals surface area contributed by atoms with E-state index < -0.39 is 0 Å². The Morgan fingerprint density at radius 3 is 2.23 bits per heavy atom. The van der Waals surface area contributed by atoms with E-state index in [9.17, 15) is 4.79 Å². The van der Waals surface area contributed by atoms with E-state index in [0.29, 0.717) is 6.42 Å². The van der Waals surface area contributed by atoms with Crippen molar-refractivity contribution >= 4 is 16.8 Å². The van der Waals surface area contributed by atoms with Gasteiger partial charge in [0.25, 0.3) is 0 Å². The van der Waals surface area contributed by atoms with E-state index >= 15 is 0 Å². The van der Waals surface area contributed by atoms with Crippen LogP contribution < -0.4 is 5.32 Å². The van der Waals surface area contributed by atoms with Gasteiger partial charge in [0.15, 0.2) is 0 Å². The number of fused-ring (bicyclic) bond motifs is 1. The van der Waals surface area contributed by atoms with E-state index in [1.807, 2.05) is 42.5 Å². The van der Waals surface area contributed by atoms with Gasteiger partial charge in [-0.05, 0) is 36.1 Å². The second-order valence-corrected chi connectivity index (χ2v) is 8.43. The van der Waals surface area contributed by atoms with E-state index in [1.165, 1.54) is 5.56 Å². The number of hydrogen-bond acceptors (Lipinski definition) is 2. The molecule has 3 heteroatoms. The highest BCUT2D eigenvalue weighted by Crippen LogP contribution is 2.38. The SMILES string of the molecule is O=C(Cc1cc(-c2ccccc2)nc2ccccc12)NC1(c2ccccc2)CCCC1. The van der Waals surface area contributed by atoms with Crippen LogP contribution in [0.2, 0.25) is 0 Å². The van der Waals surface area contributed by atoms with Crippen molar-refractivity contribution in [3.8, 4) is 11.3 Å². The van der Waals surface area contributed by atoms with Crippen LogP contribution in [0.3, 0.4) is 0 Å². The molecule has 0 radical (unpaired) electrons. The van der Waals surface area contributed by atoms with E-state index in [2.05, 4.69) is 53.8 Å². The molecule has 154 valence electrons. The molecule has 1 fully saturated rings. The third-order valence-corrected chi connectivity index (χ3v) is 6.38. The van der Waals surface area contributed by atoms with E-state index in [0.717, 1.165) is 53.4 Å². The predicted octanol–water partition coefficient (Wildman–Crippen LogP) is 6.03. The quantitative estimate of drug-likeness (QED) is 0.440. The number of carbonyl (C=O) groups is 1.